The van der Waals surface area contributed by atoms with E-state index in [1.807, 2.05) is 11.3 Å². The van der Waals surface area contributed by atoms with E-state index < -0.39 is 0 Å². The van der Waals surface area contributed by atoms with Crippen molar-refractivity contribution in [3.05, 3.63) is 70.1 Å². The maximum absolute atomic E-state index is 3.67. The van der Waals surface area contributed by atoms with E-state index in [0.717, 1.165) is 6.54 Å². The van der Waals surface area contributed by atoms with Crippen LogP contribution in [0.3, 0.4) is 0 Å². The number of fused-ring (bicyclic) bond motifs is 1. The number of hydrogen-bond acceptors (Lipinski definition) is 2. The van der Waals surface area contributed by atoms with Gasteiger partial charge in [0.25, 0.3) is 0 Å². The molecule has 3 rings (SSSR count). The molecule has 1 heterocycles. The first-order valence-corrected chi connectivity index (χ1v) is 8.35. The number of aryl methyl sites for hydroxylation is 2. The Morgan fingerprint density at radius 3 is 2.71 bits per heavy atom. The van der Waals surface area contributed by atoms with Gasteiger partial charge in [0.2, 0.25) is 0 Å². The zero-order valence-corrected chi connectivity index (χ0v) is 13.6. The Kier molecular flexibility index (Phi) is 4.09. The number of nitrogens with one attached hydrogen (secondary N) is 1. The zero-order valence-electron chi connectivity index (χ0n) is 12.8. The molecule has 1 nitrogen and oxygen atoms in total. The van der Waals surface area contributed by atoms with E-state index in [2.05, 4.69) is 73.9 Å². The second-order valence-electron chi connectivity index (χ2n) is 5.54. The Labute approximate surface area is 130 Å². The smallest absolute Gasteiger partial charge is 0.0593 e. The first kappa shape index (κ1) is 14.3. The van der Waals surface area contributed by atoms with E-state index in [1.165, 1.54) is 32.3 Å². The van der Waals surface area contributed by atoms with Crippen LogP contribution in [0.4, 0.5) is 0 Å². The molecule has 0 saturated carbocycles. The van der Waals surface area contributed by atoms with Gasteiger partial charge in [-0.25, -0.2) is 0 Å². The van der Waals surface area contributed by atoms with Crippen LogP contribution in [0.1, 0.15) is 35.2 Å². The summed E-state index contributed by atoms with van der Waals surface area (Å²) in [5, 5.41) is 7.19. The Balaban J connectivity index is 2.18. The molecule has 0 amide bonds. The third-order valence-corrected chi connectivity index (χ3v) is 4.95. The van der Waals surface area contributed by atoms with Gasteiger partial charge in [-0.2, -0.15) is 0 Å². The Morgan fingerprint density at radius 1 is 1.05 bits per heavy atom. The molecule has 0 aliphatic heterocycles. The minimum Gasteiger partial charge on any atom is -0.306 e. The number of benzene rings is 2. The van der Waals surface area contributed by atoms with E-state index in [1.54, 1.807) is 0 Å². The van der Waals surface area contributed by atoms with Crippen molar-refractivity contribution in [2.75, 3.05) is 6.54 Å². The fraction of sp³-hybridized carbons (Fsp3) is 0.263. The quantitative estimate of drug-likeness (QED) is 0.696. The second-order valence-corrected chi connectivity index (χ2v) is 6.45. The fourth-order valence-corrected chi connectivity index (χ4v) is 3.85. The first-order valence-electron chi connectivity index (χ1n) is 7.47. The largest absolute Gasteiger partial charge is 0.306 e. The molecule has 1 unspecified atom stereocenters. The van der Waals surface area contributed by atoms with E-state index in [4.69, 9.17) is 0 Å². The predicted molar refractivity (Wildman–Crippen MR) is 93.3 cm³/mol. The lowest BCUT2D eigenvalue weighted by molar-refractivity contribution is 0.631. The molecular formula is C19H21NS. The van der Waals surface area contributed by atoms with E-state index in [0.29, 0.717) is 0 Å². The Bertz CT molecular complexity index is 757. The van der Waals surface area contributed by atoms with Crippen molar-refractivity contribution in [1.29, 1.82) is 0 Å². The molecule has 0 aliphatic carbocycles. The third-order valence-electron chi connectivity index (χ3n) is 3.97. The monoisotopic (exact) mass is 295 g/mol. The van der Waals surface area contributed by atoms with Crippen LogP contribution in [-0.4, -0.2) is 6.54 Å². The van der Waals surface area contributed by atoms with Crippen LogP contribution < -0.4 is 5.32 Å². The van der Waals surface area contributed by atoms with Crippen molar-refractivity contribution in [2.24, 2.45) is 0 Å². The average Bonchev–Trinajstić information content (AvgIpc) is 2.96. The lowest BCUT2D eigenvalue weighted by Crippen LogP contribution is -2.23. The SMILES string of the molecule is CCNC(c1cc(C)ccc1C)c1cccc2ccsc12. The van der Waals surface area contributed by atoms with Crippen molar-refractivity contribution in [1.82, 2.24) is 5.32 Å². The summed E-state index contributed by atoms with van der Waals surface area (Å²) >= 11 is 1.83. The molecule has 21 heavy (non-hydrogen) atoms. The average molecular weight is 295 g/mol. The summed E-state index contributed by atoms with van der Waals surface area (Å²) in [7, 11) is 0. The van der Waals surface area contributed by atoms with E-state index >= 15 is 0 Å². The molecule has 0 aliphatic rings. The summed E-state index contributed by atoms with van der Waals surface area (Å²) < 4.78 is 1.39. The van der Waals surface area contributed by atoms with E-state index in [-0.39, 0.29) is 6.04 Å². The molecule has 0 saturated heterocycles. The summed E-state index contributed by atoms with van der Waals surface area (Å²) in [6.45, 7) is 7.50. The molecule has 1 aromatic heterocycles. The van der Waals surface area contributed by atoms with Gasteiger partial charge >= 0.3 is 0 Å². The molecule has 2 aromatic carbocycles. The number of hydrogen-bond donors (Lipinski definition) is 1. The standard InChI is InChI=1S/C19H21NS/c1-4-20-18(17-12-13(2)8-9-14(17)3)16-7-5-6-15-10-11-21-19(15)16/h5-12,18,20H,4H2,1-3H3. The van der Waals surface area contributed by atoms with Crippen LogP contribution in [0.5, 0.6) is 0 Å². The second kappa shape index (κ2) is 6.00. The third kappa shape index (κ3) is 2.74. The fourth-order valence-electron chi connectivity index (χ4n) is 2.91. The van der Waals surface area contributed by atoms with Crippen LogP contribution in [0.25, 0.3) is 10.1 Å². The van der Waals surface area contributed by atoms with Gasteiger partial charge in [0.1, 0.15) is 0 Å². The molecule has 0 bridgehead atoms. The van der Waals surface area contributed by atoms with Gasteiger partial charge in [0.05, 0.1) is 6.04 Å². The highest BCUT2D eigenvalue weighted by atomic mass is 32.1. The summed E-state index contributed by atoms with van der Waals surface area (Å²) in [5.74, 6) is 0. The molecule has 108 valence electrons. The summed E-state index contributed by atoms with van der Waals surface area (Å²) in [5.41, 5.74) is 5.44. The van der Waals surface area contributed by atoms with Gasteiger partial charge in [-0.3, -0.25) is 0 Å². The normalized spacial score (nSPS) is 12.7. The maximum atomic E-state index is 3.67. The highest BCUT2D eigenvalue weighted by molar-refractivity contribution is 7.17. The van der Waals surface area contributed by atoms with Crippen molar-refractivity contribution < 1.29 is 0 Å². The summed E-state index contributed by atoms with van der Waals surface area (Å²) in [6.07, 6.45) is 0. The van der Waals surface area contributed by atoms with Crippen LogP contribution >= 0.6 is 11.3 Å². The minimum absolute atomic E-state index is 0.261. The molecule has 0 radical (unpaired) electrons. The van der Waals surface area contributed by atoms with Crippen LogP contribution in [0.15, 0.2) is 47.8 Å². The predicted octanol–water partition coefficient (Wildman–Crippen LogP) is 5.22. The molecule has 1 atom stereocenters. The van der Waals surface area contributed by atoms with Crippen LogP contribution in [0.2, 0.25) is 0 Å². The van der Waals surface area contributed by atoms with Gasteiger partial charge < -0.3 is 5.32 Å². The van der Waals surface area contributed by atoms with Crippen molar-refractivity contribution in [3.8, 4) is 0 Å². The van der Waals surface area contributed by atoms with Gasteiger partial charge in [0, 0.05) is 4.70 Å². The molecule has 3 aromatic rings. The van der Waals surface area contributed by atoms with E-state index in [9.17, 15) is 0 Å². The van der Waals surface area contributed by atoms with Crippen LogP contribution in [-0.2, 0) is 0 Å². The molecule has 1 N–H and O–H groups in total. The van der Waals surface area contributed by atoms with Gasteiger partial charge in [-0.15, -0.1) is 11.3 Å². The molecular weight excluding hydrogens is 274 g/mol. The molecule has 0 spiro atoms. The summed E-state index contributed by atoms with van der Waals surface area (Å²) in [6, 6.07) is 15.8. The Hall–Kier alpha value is -1.64. The van der Waals surface area contributed by atoms with Crippen LogP contribution in [0, 0.1) is 13.8 Å². The van der Waals surface area contributed by atoms with Crippen molar-refractivity contribution >= 4 is 21.4 Å². The number of thiophene rings is 1. The van der Waals surface area contributed by atoms with Gasteiger partial charge in [-0.1, -0.05) is 48.9 Å². The molecule has 0 fully saturated rings. The zero-order chi connectivity index (χ0) is 14.8. The molecule has 2 heteroatoms. The Morgan fingerprint density at radius 2 is 1.90 bits per heavy atom. The topological polar surface area (TPSA) is 12.0 Å². The highest BCUT2D eigenvalue weighted by Crippen LogP contribution is 2.33. The lowest BCUT2D eigenvalue weighted by Gasteiger charge is -2.22. The minimum atomic E-state index is 0.261. The summed E-state index contributed by atoms with van der Waals surface area (Å²) in [4.78, 5) is 0. The number of rotatable bonds is 4. The van der Waals surface area contributed by atoms with Gasteiger partial charge in [-0.05, 0) is 53.9 Å². The first-order chi connectivity index (χ1) is 10.2. The maximum Gasteiger partial charge on any atom is 0.0593 e. The lowest BCUT2D eigenvalue weighted by atomic mass is 9.93. The van der Waals surface area contributed by atoms with Crippen molar-refractivity contribution in [3.63, 3.8) is 0 Å². The van der Waals surface area contributed by atoms with Crippen molar-refractivity contribution in [2.45, 2.75) is 26.8 Å². The van der Waals surface area contributed by atoms with Gasteiger partial charge in [0.15, 0.2) is 0 Å². The highest BCUT2D eigenvalue weighted by Gasteiger charge is 2.18.